The fourth-order valence-electron chi connectivity index (χ4n) is 3.72. The van der Waals surface area contributed by atoms with Gasteiger partial charge in [-0.1, -0.05) is 23.4 Å². The Labute approximate surface area is 189 Å². The third-order valence-corrected chi connectivity index (χ3v) is 6.49. The third kappa shape index (κ3) is 3.45. The average Bonchev–Trinajstić information content (AvgIpc) is 3.23. The number of fused-ring (bicyclic) bond motifs is 1. The number of amides is 1. The molecule has 1 N–H and O–H groups in total. The maximum absolute atomic E-state index is 12.6. The van der Waals surface area contributed by atoms with Crippen LogP contribution in [0.1, 0.15) is 23.9 Å². The Balaban J connectivity index is 1.82. The summed E-state index contributed by atoms with van der Waals surface area (Å²) < 4.78 is 12.9. The number of nitrogens with zero attached hydrogens (tertiary/aromatic N) is 3. The number of nitrogens with one attached hydrogen (secondary N) is 1. The van der Waals surface area contributed by atoms with Gasteiger partial charge >= 0.3 is 0 Å². The highest BCUT2D eigenvalue weighted by molar-refractivity contribution is 8.16. The molecule has 7 nitrogen and oxygen atoms in total. The quantitative estimate of drug-likeness (QED) is 0.659. The van der Waals surface area contributed by atoms with Crippen molar-refractivity contribution < 1.29 is 14.3 Å². The van der Waals surface area contributed by atoms with Gasteiger partial charge in [-0.15, -0.1) is 0 Å². The molecule has 4 rings (SSSR count). The van der Waals surface area contributed by atoms with Gasteiger partial charge in [-0.25, -0.2) is 0 Å². The van der Waals surface area contributed by atoms with E-state index in [2.05, 4.69) is 4.99 Å². The molecule has 1 aromatic heterocycles. The first kappa shape index (κ1) is 21.3. The molecule has 3 heterocycles. The molecule has 2 aromatic rings. The summed E-state index contributed by atoms with van der Waals surface area (Å²) >= 11 is 7.72. The average molecular weight is 457 g/mol. The van der Waals surface area contributed by atoms with E-state index in [4.69, 9.17) is 26.5 Å². The fraction of sp³-hybridized carbons (Fsp3) is 0.227. The van der Waals surface area contributed by atoms with Crippen LogP contribution in [-0.2, 0) is 4.79 Å². The zero-order valence-corrected chi connectivity index (χ0v) is 19.3. The summed E-state index contributed by atoms with van der Waals surface area (Å²) in [4.78, 5) is 18.5. The molecule has 0 unspecified atom stereocenters. The molecule has 2 aliphatic heterocycles. The SMILES string of the molecule is COc1cc(OC)c(-n2c(C)cc(/C=C3\C(=N)N4C(C)=CSC4=NC3=O)c2C)cc1Cl. The van der Waals surface area contributed by atoms with Crippen LogP contribution in [0.25, 0.3) is 11.8 Å². The van der Waals surface area contributed by atoms with Gasteiger partial charge in [-0.05, 0) is 50.0 Å². The second kappa shape index (κ2) is 7.94. The number of carbonyl (C=O) groups excluding carboxylic acids is 1. The Hall–Kier alpha value is -2.97. The second-order valence-electron chi connectivity index (χ2n) is 7.14. The topological polar surface area (TPSA) is 79.9 Å². The highest BCUT2D eigenvalue weighted by Gasteiger charge is 2.34. The van der Waals surface area contributed by atoms with Crippen molar-refractivity contribution in [2.24, 2.45) is 4.99 Å². The molecule has 160 valence electrons. The van der Waals surface area contributed by atoms with E-state index in [1.807, 2.05) is 36.8 Å². The molecule has 1 amide bonds. The zero-order chi connectivity index (χ0) is 22.4. The molecule has 0 saturated carbocycles. The van der Waals surface area contributed by atoms with Crippen LogP contribution in [0, 0.1) is 19.3 Å². The number of allylic oxidation sites excluding steroid dienone is 1. The maximum Gasteiger partial charge on any atom is 0.283 e. The van der Waals surface area contributed by atoms with Crippen molar-refractivity contribution >= 4 is 46.3 Å². The van der Waals surface area contributed by atoms with Crippen LogP contribution in [0.4, 0.5) is 0 Å². The molecule has 2 aliphatic rings. The molecule has 31 heavy (non-hydrogen) atoms. The van der Waals surface area contributed by atoms with E-state index in [1.54, 1.807) is 37.3 Å². The lowest BCUT2D eigenvalue weighted by Crippen LogP contribution is -2.37. The molecule has 9 heteroatoms. The lowest BCUT2D eigenvalue weighted by Gasteiger charge is -2.25. The summed E-state index contributed by atoms with van der Waals surface area (Å²) in [7, 11) is 3.14. The van der Waals surface area contributed by atoms with Crippen LogP contribution in [0.2, 0.25) is 5.02 Å². The Morgan fingerprint density at radius 3 is 2.52 bits per heavy atom. The number of rotatable bonds is 4. The smallest absolute Gasteiger partial charge is 0.283 e. The van der Waals surface area contributed by atoms with E-state index in [1.165, 1.54) is 11.8 Å². The Morgan fingerprint density at radius 2 is 1.84 bits per heavy atom. The van der Waals surface area contributed by atoms with E-state index in [0.29, 0.717) is 21.7 Å². The molecule has 0 fully saturated rings. The van der Waals surface area contributed by atoms with Gasteiger partial charge in [0.15, 0.2) is 5.17 Å². The number of aliphatic imine (C=N–C) groups is 1. The number of ether oxygens (including phenoxy) is 2. The molecular formula is C22H21ClN4O3S. The molecule has 0 saturated heterocycles. The second-order valence-corrected chi connectivity index (χ2v) is 8.38. The van der Waals surface area contributed by atoms with Gasteiger partial charge in [0, 0.05) is 23.2 Å². The van der Waals surface area contributed by atoms with Gasteiger partial charge in [0.1, 0.15) is 17.3 Å². The van der Waals surface area contributed by atoms with Crippen LogP contribution in [0.5, 0.6) is 11.5 Å². The minimum atomic E-state index is -0.415. The van der Waals surface area contributed by atoms with Crippen molar-refractivity contribution in [3.63, 3.8) is 0 Å². The van der Waals surface area contributed by atoms with Crippen molar-refractivity contribution in [1.29, 1.82) is 5.41 Å². The predicted octanol–water partition coefficient (Wildman–Crippen LogP) is 4.93. The van der Waals surface area contributed by atoms with E-state index < -0.39 is 5.91 Å². The van der Waals surface area contributed by atoms with Crippen molar-refractivity contribution in [2.75, 3.05) is 14.2 Å². The van der Waals surface area contributed by atoms with Crippen molar-refractivity contribution in [3.05, 3.63) is 56.9 Å². The van der Waals surface area contributed by atoms with Crippen molar-refractivity contribution in [2.45, 2.75) is 20.8 Å². The van der Waals surface area contributed by atoms with Crippen LogP contribution < -0.4 is 9.47 Å². The first-order valence-electron chi connectivity index (χ1n) is 9.44. The normalized spacial score (nSPS) is 17.1. The van der Waals surface area contributed by atoms with Crippen LogP contribution in [0.15, 0.2) is 39.9 Å². The van der Waals surface area contributed by atoms with Crippen LogP contribution in [-0.4, -0.2) is 40.6 Å². The molecule has 0 bridgehead atoms. The molecule has 1 aromatic carbocycles. The van der Waals surface area contributed by atoms with Gasteiger partial charge in [-0.2, -0.15) is 4.99 Å². The third-order valence-electron chi connectivity index (χ3n) is 5.25. The summed E-state index contributed by atoms with van der Waals surface area (Å²) in [5.41, 5.74) is 4.49. The largest absolute Gasteiger partial charge is 0.495 e. The first-order valence-corrected chi connectivity index (χ1v) is 10.7. The Kier molecular flexibility index (Phi) is 5.45. The number of methoxy groups -OCH3 is 2. The summed E-state index contributed by atoms with van der Waals surface area (Å²) in [6.45, 7) is 5.79. The molecule has 0 atom stereocenters. The highest BCUT2D eigenvalue weighted by Crippen LogP contribution is 2.37. The number of amidine groups is 2. The number of carbonyl (C=O) groups is 1. The van der Waals surface area contributed by atoms with Gasteiger partial charge < -0.3 is 14.0 Å². The lowest BCUT2D eigenvalue weighted by atomic mass is 10.1. The minimum Gasteiger partial charge on any atom is -0.495 e. The van der Waals surface area contributed by atoms with E-state index in [0.717, 1.165) is 28.3 Å². The standard InChI is InChI=1S/C22H21ClN4O3S/c1-11-6-14(7-15-20(24)27-12(2)10-31-22(27)25-21(15)28)13(3)26(11)17-8-16(23)18(29-4)9-19(17)30-5/h6-10,24H,1-5H3/b15-7+,24-20?. The molecule has 0 radical (unpaired) electrons. The zero-order valence-electron chi connectivity index (χ0n) is 17.7. The molecule has 0 spiro atoms. The van der Waals surface area contributed by atoms with E-state index >= 15 is 0 Å². The lowest BCUT2D eigenvalue weighted by molar-refractivity contribution is -0.114. The highest BCUT2D eigenvalue weighted by atomic mass is 35.5. The number of hydrogen-bond acceptors (Lipinski definition) is 5. The van der Waals surface area contributed by atoms with Gasteiger partial charge in [0.05, 0.1) is 30.5 Å². The van der Waals surface area contributed by atoms with Crippen LogP contribution >= 0.6 is 23.4 Å². The van der Waals surface area contributed by atoms with E-state index in [9.17, 15) is 4.79 Å². The number of aromatic nitrogens is 1. The predicted molar refractivity (Wildman–Crippen MR) is 125 cm³/mol. The minimum absolute atomic E-state index is 0.128. The number of halogens is 1. The number of benzene rings is 1. The Morgan fingerprint density at radius 1 is 1.13 bits per heavy atom. The number of aryl methyl sites for hydroxylation is 1. The monoisotopic (exact) mass is 456 g/mol. The molecular weight excluding hydrogens is 436 g/mol. The summed E-state index contributed by atoms with van der Waals surface area (Å²) in [5, 5.41) is 11.4. The number of hydrogen-bond donors (Lipinski definition) is 1. The van der Waals surface area contributed by atoms with Gasteiger partial charge in [-0.3, -0.25) is 15.1 Å². The Bertz CT molecular complexity index is 1230. The summed E-state index contributed by atoms with van der Waals surface area (Å²) in [6, 6.07) is 5.49. The number of thioether (sulfide) groups is 1. The van der Waals surface area contributed by atoms with Gasteiger partial charge in [0.25, 0.3) is 5.91 Å². The van der Waals surface area contributed by atoms with E-state index in [-0.39, 0.29) is 11.4 Å². The molecule has 0 aliphatic carbocycles. The van der Waals surface area contributed by atoms with Crippen molar-refractivity contribution in [1.82, 2.24) is 9.47 Å². The van der Waals surface area contributed by atoms with Crippen molar-refractivity contribution in [3.8, 4) is 17.2 Å². The summed E-state index contributed by atoms with van der Waals surface area (Å²) in [6.07, 6.45) is 1.72. The maximum atomic E-state index is 12.6. The van der Waals surface area contributed by atoms with Gasteiger partial charge in [0.2, 0.25) is 0 Å². The van der Waals surface area contributed by atoms with Crippen LogP contribution in [0.3, 0.4) is 0 Å². The fourth-order valence-corrected chi connectivity index (χ4v) is 4.81. The summed E-state index contributed by atoms with van der Waals surface area (Å²) in [5.74, 6) is 0.840. The first-order chi connectivity index (χ1) is 14.8.